The molecule has 2 aromatic rings. The van der Waals surface area contributed by atoms with Gasteiger partial charge in [0.05, 0.1) is 5.25 Å². The normalized spacial score (nSPS) is 19.3. The molecule has 3 rings (SSSR count). The molecule has 0 aromatic heterocycles. The molecule has 2 atom stereocenters. The van der Waals surface area contributed by atoms with Crippen LogP contribution in [0.5, 0.6) is 0 Å². The Labute approximate surface area is 173 Å². The largest absolute Gasteiger partial charge is 0.354 e. The van der Waals surface area contributed by atoms with Gasteiger partial charge in [-0.2, -0.15) is 0 Å². The summed E-state index contributed by atoms with van der Waals surface area (Å²) in [6, 6.07) is 21.4. The first kappa shape index (κ1) is 20.9. The average molecular weight is 398 g/mol. The number of carbonyl (C=O) groups is 1. The Hall–Kier alpha value is -1.82. The van der Waals surface area contributed by atoms with Crippen LogP contribution in [-0.4, -0.2) is 60.7 Å². The molecule has 1 heterocycles. The standard InChI is InChI=1S/C23H31N3OS/c1-19(28-18-20-9-5-3-6-10-20)23(27)24-13-14-26-16-15-25(2)17-22(26)21-11-7-4-8-12-21/h3-12,19,22H,13-18H2,1-2H3,(H,24,27)/t19-,22+/m1/s1. The maximum absolute atomic E-state index is 12.5. The Morgan fingerprint density at radius 2 is 1.79 bits per heavy atom. The summed E-state index contributed by atoms with van der Waals surface area (Å²) in [5.74, 6) is 0.996. The van der Waals surface area contributed by atoms with Crippen molar-refractivity contribution < 1.29 is 4.79 Å². The van der Waals surface area contributed by atoms with E-state index in [-0.39, 0.29) is 11.2 Å². The molecule has 1 amide bonds. The molecule has 1 N–H and O–H groups in total. The van der Waals surface area contributed by atoms with Gasteiger partial charge in [-0.05, 0) is 25.1 Å². The molecular formula is C23H31N3OS. The highest BCUT2D eigenvalue weighted by molar-refractivity contribution is 7.99. The number of hydrogen-bond donors (Lipinski definition) is 1. The lowest BCUT2D eigenvalue weighted by molar-refractivity contribution is -0.120. The first-order chi connectivity index (χ1) is 13.6. The van der Waals surface area contributed by atoms with Crippen LogP contribution in [0.1, 0.15) is 24.1 Å². The van der Waals surface area contributed by atoms with Crippen LogP contribution in [0.25, 0.3) is 0 Å². The van der Waals surface area contributed by atoms with Gasteiger partial charge in [-0.3, -0.25) is 9.69 Å². The van der Waals surface area contributed by atoms with Crippen molar-refractivity contribution in [2.45, 2.75) is 24.0 Å². The second kappa shape index (κ2) is 10.6. The number of benzene rings is 2. The summed E-state index contributed by atoms with van der Waals surface area (Å²) >= 11 is 1.69. The molecule has 2 aromatic carbocycles. The second-order valence-corrected chi connectivity index (χ2v) is 8.78. The van der Waals surface area contributed by atoms with E-state index in [1.165, 1.54) is 11.1 Å². The van der Waals surface area contributed by atoms with Crippen LogP contribution in [-0.2, 0) is 10.5 Å². The van der Waals surface area contributed by atoms with Gasteiger partial charge in [0.25, 0.3) is 0 Å². The van der Waals surface area contributed by atoms with E-state index in [2.05, 4.69) is 64.6 Å². The van der Waals surface area contributed by atoms with E-state index in [9.17, 15) is 4.79 Å². The molecule has 4 nitrogen and oxygen atoms in total. The highest BCUT2D eigenvalue weighted by Crippen LogP contribution is 2.24. The van der Waals surface area contributed by atoms with Gasteiger partial charge in [0.15, 0.2) is 0 Å². The first-order valence-electron chi connectivity index (χ1n) is 10.0. The van der Waals surface area contributed by atoms with Crippen molar-refractivity contribution in [2.75, 3.05) is 39.8 Å². The van der Waals surface area contributed by atoms with E-state index < -0.39 is 0 Å². The molecular weight excluding hydrogens is 366 g/mol. The molecule has 0 radical (unpaired) electrons. The first-order valence-corrected chi connectivity index (χ1v) is 11.1. The van der Waals surface area contributed by atoms with Crippen LogP contribution in [0.4, 0.5) is 0 Å². The molecule has 1 fully saturated rings. The van der Waals surface area contributed by atoms with Crippen LogP contribution in [0.2, 0.25) is 0 Å². The minimum atomic E-state index is -0.0439. The van der Waals surface area contributed by atoms with Crippen LogP contribution in [0.3, 0.4) is 0 Å². The summed E-state index contributed by atoms with van der Waals surface area (Å²) in [7, 11) is 2.18. The number of carbonyl (C=O) groups excluding carboxylic acids is 1. The number of thioether (sulfide) groups is 1. The summed E-state index contributed by atoms with van der Waals surface area (Å²) in [6.45, 7) is 6.70. The van der Waals surface area contributed by atoms with Crippen molar-refractivity contribution in [1.29, 1.82) is 0 Å². The molecule has 0 aliphatic carbocycles. The van der Waals surface area contributed by atoms with Crippen LogP contribution in [0.15, 0.2) is 60.7 Å². The van der Waals surface area contributed by atoms with Gasteiger partial charge < -0.3 is 10.2 Å². The van der Waals surface area contributed by atoms with Crippen molar-refractivity contribution in [3.63, 3.8) is 0 Å². The molecule has 1 aliphatic rings. The Morgan fingerprint density at radius 3 is 2.50 bits per heavy atom. The molecule has 0 bridgehead atoms. The number of amides is 1. The van der Waals surface area contributed by atoms with E-state index in [0.29, 0.717) is 12.6 Å². The molecule has 150 valence electrons. The Bertz CT molecular complexity index is 725. The number of piperazine rings is 1. The minimum absolute atomic E-state index is 0.0439. The summed E-state index contributed by atoms with van der Waals surface area (Å²) in [5, 5.41) is 3.09. The van der Waals surface area contributed by atoms with Gasteiger partial charge in [-0.1, -0.05) is 60.7 Å². The highest BCUT2D eigenvalue weighted by Gasteiger charge is 2.26. The fraction of sp³-hybridized carbons (Fsp3) is 0.435. The predicted octanol–water partition coefficient (Wildman–Crippen LogP) is 3.41. The Balaban J connectivity index is 1.45. The van der Waals surface area contributed by atoms with E-state index >= 15 is 0 Å². The van der Waals surface area contributed by atoms with Crippen LogP contribution < -0.4 is 5.32 Å². The lowest BCUT2D eigenvalue weighted by Gasteiger charge is -2.40. The van der Waals surface area contributed by atoms with E-state index in [4.69, 9.17) is 0 Å². The van der Waals surface area contributed by atoms with Gasteiger partial charge in [0.1, 0.15) is 0 Å². The highest BCUT2D eigenvalue weighted by atomic mass is 32.2. The molecule has 0 unspecified atom stereocenters. The third-order valence-corrected chi connectivity index (χ3v) is 6.50. The molecule has 5 heteroatoms. The minimum Gasteiger partial charge on any atom is -0.354 e. The lowest BCUT2D eigenvalue weighted by Crippen LogP contribution is -2.49. The topological polar surface area (TPSA) is 35.6 Å². The number of nitrogens with one attached hydrogen (secondary N) is 1. The summed E-state index contributed by atoms with van der Waals surface area (Å²) in [4.78, 5) is 17.3. The summed E-state index contributed by atoms with van der Waals surface area (Å²) < 4.78 is 0. The Kier molecular flexibility index (Phi) is 7.95. The smallest absolute Gasteiger partial charge is 0.232 e. The van der Waals surface area contributed by atoms with Crippen molar-refractivity contribution in [3.8, 4) is 0 Å². The maximum Gasteiger partial charge on any atom is 0.232 e. The summed E-state index contributed by atoms with van der Waals surface area (Å²) in [6.07, 6.45) is 0. The number of rotatable bonds is 8. The van der Waals surface area contributed by atoms with Crippen molar-refractivity contribution in [1.82, 2.24) is 15.1 Å². The molecule has 0 spiro atoms. The predicted molar refractivity (Wildman–Crippen MR) is 118 cm³/mol. The fourth-order valence-corrected chi connectivity index (χ4v) is 4.42. The fourth-order valence-electron chi connectivity index (χ4n) is 3.55. The zero-order valence-electron chi connectivity index (χ0n) is 16.9. The molecule has 0 saturated carbocycles. The van der Waals surface area contributed by atoms with Gasteiger partial charge in [-0.15, -0.1) is 11.8 Å². The monoisotopic (exact) mass is 397 g/mol. The third-order valence-electron chi connectivity index (χ3n) is 5.29. The number of likely N-dealkylation sites (N-methyl/N-ethyl adjacent to an activating group) is 1. The van der Waals surface area contributed by atoms with Gasteiger partial charge in [-0.25, -0.2) is 0 Å². The quantitative estimate of drug-likeness (QED) is 0.740. The molecule has 28 heavy (non-hydrogen) atoms. The summed E-state index contributed by atoms with van der Waals surface area (Å²) in [5.41, 5.74) is 2.61. The van der Waals surface area contributed by atoms with Crippen LogP contribution >= 0.6 is 11.8 Å². The van der Waals surface area contributed by atoms with Crippen molar-refractivity contribution in [2.24, 2.45) is 0 Å². The molecule has 1 saturated heterocycles. The van der Waals surface area contributed by atoms with Gasteiger partial charge >= 0.3 is 0 Å². The zero-order chi connectivity index (χ0) is 19.8. The zero-order valence-corrected chi connectivity index (χ0v) is 17.7. The van der Waals surface area contributed by atoms with Gasteiger partial charge in [0, 0.05) is 44.5 Å². The van der Waals surface area contributed by atoms with E-state index in [0.717, 1.165) is 31.9 Å². The maximum atomic E-state index is 12.5. The lowest BCUT2D eigenvalue weighted by atomic mass is 10.0. The SMILES string of the molecule is C[C@@H](SCc1ccccc1)C(=O)NCCN1CCN(C)C[C@H]1c1ccccc1. The third kappa shape index (κ3) is 6.09. The number of nitrogens with zero attached hydrogens (tertiary/aromatic N) is 2. The van der Waals surface area contributed by atoms with Crippen molar-refractivity contribution >= 4 is 17.7 Å². The average Bonchev–Trinajstić information content (AvgIpc) is 2.74. The number of hydrogen-bond acceptors (Lipinski definition) is 4. The van der Waals surface area contributed by atoms with Gasteiger partial charge in [0.2, 0.25) is 5.91 Å². The van der Waals surface area contributed by atoms with E-state index in [1.807, 2.05) is 25.1 Å². The van der Waals surface area contributed by atoms with Crippen molar-refractivity contribution in [3.05, 3.63) is 71.8 Å². The second-order valence-electron chi connectivity index (χ2n) is 7.45. The Morgan fingerprint density at radius 1 is 1.11 bits per heavy atom. The molecule has 1 aliphatic heterocycles. The van der Waals surface area contributed by atoms with E-state index in [1.54, 1.807) is 11.8 Å². The van der Waals surface area contributed by atoms with Crippen LogP contribution in [0, 0.1) is 0 Å².